The Kier molecular flexibility index (Phi) is 10.1. The molecule has 3 rings (SSSR count). The van der Waals surface area contributed by atoms with Gasteiger partial charge in [0.2, 0.25) is 0 Å². The van der Waals surface area contributed by atoms with Gasteiger partial charge in [-0.3, -0.25) is 4.79 Å². The van der Waals surface area contributed by atoms with Gasteiger partial charge in [-0.25, -0.2) is 10.2 Å². The van der Waals surface area contributed by atoms with E-state index >= 15 is 0 Å². The van der Waals surface area contributed by atoms with Crippen LogP contribution in [0.1, 0.15) is 47.3 Å². The zero-order chi connectivity index (χ0) is 26.6. The molecule has 0 aromatic heterocycles. The molecule has 37 heavy (non-hydrogen) atoms. The number of hydrogen-bond acceptors (Lipinski definition) is 7. The summed E-state index contributed by atoms with van der Waals surface area (Å²) < 4.78 is 22.3. The van der Waals surface area contributed by atoms with Crippen molar-refractivity contribution in [2.45, 2.75) is 34.1 Å². The Balaban J connectivity index is 1.57. The van der Waals surface area contributed by atoms with E-state index in [1.54, 1.807) is 42.5 Å². The average Bonchev–Trinajstić information content (AvgIpc) is 2.90. The zero-order valence-corrected chi connectivity index (χ0v) is 21.6. The van der Waals surface area contributed by atoms with Crippen LogP contribution < -0.4 is 24.4 Å². The van der Waals surface area contributed by atoms with Crippen molar-refractivity contribution in [2.75, 3.05) is 19.8 Å². The van der Waals surface area contributed by atoms with Crippen LogP contribution in [0.2, 0.25) is 0 Å². The van der Waals surface area contributed by atoms with Crippen molar-refractivity contribution >= 4 is 18.1 Å². The Hall–Kier alpha value is -4.33. The van der Waals surface area contributed by atoms with Crippen molar-refractivity contribution in [2.24, 2.45) is 5.10 Å². The van der Waals surface area contributed by atoms with Gasteiger partial charge in [0.25, 0.3) is 5.91 Å². The second-order valence-corrected chi connectivity index (χ2v) is 8.23. The molecule has 8 nitrogen and oxygen atoms in total. The second kappa shape index (κ2) is 13.7. The first-order valence-corrected chi connectivity index (χ1v) is 12.1. The molecular weight excluding hydrogens is 472 g/mol. The predicted molar refractivity (Wildman–Crippen MR) is 142 cm³/mol. The van der Waals surface area contributed by atoms with Gasteiger partial charge in [0.05, 0.1) is 25.0 Å². The molecule has 0 bridgehead atoms. The summed E-state index contributed by atoms with van der Waals surface area (Å²) in [4.78, 5) is 24.7. The molecule has 194 valence electrons. The van der Waals surface area contributed by atoms with Gasteiger partial charge in [0.1, 0.15) is 11.5 Å². The minimum atomic E-state index is -0.513. The first kappa shape index (κ1) is 27.3. The van der Waals surface area contributed by atoms with E-state index in [1.807, 2.05) is 45.9 Å². The molecular formula is C29H32N2O6. The van der Waals surface area contributed by atoms with Gasteiger partial charge in [-0.1, -0.05) is 13.0 Å². The number of nitrogens with zero attached hydrogens (tertiary/aromatic N) is 1. The molecule has 1 N–H and O–H groups in total. The van der Waals surface area contributed by atoms with Gasteiger partial charge in [0, 0.05) is 0 Å². The molecule has 3 aromatic rings. The number of rotatable bonds is 12. The third-order valence-electron chi connectivity index (χ3n) is 5.28. The number of hydrazone groups is 1. The van der Waals surface area contributed by atoms with Crippen LogP contribution in [0, 0.1) is 13.8 Å². The SMILES string of the molecule is CCCOc1ccc(C(=O)Oc2ccc(/C=N/NC(=O)COc3ccc(C)c(C)c3)cc2OCC)cc1. The minimum Gasteiger partial charge on any atom is -0.494 e. The van der Waals surface area contributed by atoms with Crippen LogP contribution >= 0.6 is 0 Å². The van der Waals surface area contributed by atoms with Crippen LogP contribution in [0.3, 0.4) is 0 Å². The van der Waals surface area contributed by atoms with Crippen molar-refractivity contribution < 1.29 is 28.5 Å². The number of hydrogen-bond donors (Lipinski definition) is 1. The van der Waals surface area contributed by atoms with Gasteiger partial charge in [-0.2, -0.15) is 5.10 Å². The van der Waals surface area contributed by atoms with Crippen LogP contribution in [0.15, 0.2) is 65.8 Å². The maximum atomic E-state index is 12.6. The highest BCUT2D eigenvalue weighted by Gasteiger charge is 2.13. The maximum Gasteiger partial charge on any atom is 0.343 e. The molecule has 0 radical (unpaired) electrons. The highest BCUT2D eigenvalue weighted by atomic mass is 16.6. The fourth-order valence-corrected chi connectivity index (χ4v) is 3.19. The normalized spacial score (nSPS) is 10.7. The standard InChI is InChI=1S/C29H32N2O6/c1-5-15-35-24-12-9-23(10-13-24)29(33)37-26-14-8-22(17-27(26)34-6-2)18-30-31-28(32)19-36-25-11-7-20(3)21(4)16-25/h7-14,16-18H,5-6,15,19H2,1-4H3,(H,31,32)/b30-18+. The molecule has 0 aliphatic carbocycles. The summed E-state index contributed by atoms with van der Waals surface area (Å²) in [6, 6.07) is 17.4. The van der Waals surface area contributed by atoms with Gasteiger partial charge < -0.3 is 18.9 Å². The van der Waals surface area contributed by atoms with Crippen LogP contribution in [0.25, 0.3) is 0 Å². The van der Waals surface area contributed by atoms with E-state index in [4.69, 9.17) is 18.9 Å². The van der Waals surface area contributed by atoms with Crippen LogP contribution in [-0.2, 0) is 4.79 Å². The molecule has 0 heterocycles. The van der Waals surface area contributed by atoms with Crippen LogP contribution in [0.4, 0.5) is 0 Å². The van der Waals surface area contributed by atoms with Gasteiger partial charge >= 0.3 is 5.97 Å². The maximum absolute atomic E-state index is 12.6. The summed E-state index contributed by atoms with van der Waals surface area (Å²) in [7, 11) is 0. The number of esters is 1. The molecule has 0 spiro atoms. The largest absolute Gasteiger partial charge is 0.494 e. The van der Waals surface area contributed by atoms with E-state index in [-0.39, 0.29) is 12.4 Å². The van der Waals surface area contributed by atoms with Crippen LogP contribution in [-0.4, -0.2) is 37.9 Å². The third kappa shape index (κ3) is 8.38. The van der Waals surface area contributed by atoms with Gasteiger partial charge in [-0.05, 0) is 98.5 Å². The summed E-state index contributed by atoms with van der Waals surface area (Å²) in [6.07, 6.45) is 2.37. The van der Waals surface area contributed by atoms with E-state index < -0.39 is 11.9 Å². The van der Waals surface area contributed by atoms with Crippen molar-refractivity contribution in [3.8, 4) is 23.0 Å². The topological polar surface area (TPSA) is 95.5 Å². The van der Waals surface area contributed by atoms with Crippen molar-refractivity contribution in [1.29, 1.82) is 0 Å². The molecule has 3 aromatic carbocycles. The van der Waals surface area contributed by atoms with Crippen molar-refractivity contribution in [1.82, 2.24) is 5.43 Å². The predicted octanol–water partition coefficient (Wildman–Crippen LogP) is 5.24. The lowest BCUT2D eigenvalue weighted by Crippen LogP contribution is -2.24. The van der Waals surface area contributed by atoms with E-state index in [0.29, 0.717) is 41.6 Å². The molecule has 8 heteroatoms. The lowest BCUT2D eigenvalue weighted by atomic mass is 10.1. The number of amides is 1. The molecule has 0 aliphatic heterocycles. The fourth-order valence-electron chi connectivity index (χ4n) is 3.19. The lowest BCUT2D eigenvalue weighted by molar-refractivity contribution is -0.123. The van der Waals surface area contributed by atoms with E-state index in [2.05, 4.69) is 10.5 Å². The summed E-state index contributed by atoms with van der Waals surface area (Å²) in [6.45, 7) is 8.68. The molecule has 1 amide bonds. The quantitative estimate of drug-likeness (QED) is 0.157. The monoisotopic (exact) mass is 504 g/mol. The fraction of sp³-hybridized carbons (Fsp3) is 0.276. The lowest BCUT2D eigenvalue weighted by Gasteiger charge is -2.12. The van der Waals surface area contributed by atoms with Crippen molar-refractivity contribution in [3.05, 3.63) is 82.9 Å². The number of nitrogens with one attached hydrogen (secondary N) is 1. The van der Waals surface area contributed by atoms with E-state index in [1.165, 1.54) is 6.21 Å². The van der Waals surface area contributed by atoms with Gasteiger partial charge in [-0.15, -0.1) is 0 Å². The molecule has 0 aliphatic rings. The first-order valence-electron chi connectivity index (χ1n) is 12.1. The Morgan fingerprint density at radius 3 is 2.30 bits per heavy atom. The van der Waals surface area contributed by atoms with Gasteiger partial charge in [0.15, 0.2) is 18.1 Å². The Bertz CT molecular complexity index is 1240. The summed E-state index contributed by atoms with van der Waals surface area (Å²) >= 11 is 0. The van der Waals surface area contributed by atoms with E-state index in [0.717, 1.165) is 17.5 Å². The summed E-state index contributed by atoms with van der Waals surface area (Å²) in [5.41, 5.74) is 5.71. The highest BCUT2D eigenvalue weighted by molar-refractivity contribution is 5.92. The second-order valence-electron chi connectivity index (χ2n) is 8.23. The minimum absolute atomic E-state index is 0.162. The van der Waals surface area contributed by atoms with E-state index in [9.17, 15) is 9.59 Å². The number of ether oxygens (including phenoxy) is 4. The Morgan fingerprint density at radius 2 is 1.59 bits per heavy atom. The molecule has 0 unspecified atom stereocenters. The van der Waals surface area contributed by atoms with Crippen LogP contribution in [0.5, 0.6) is 23.0 Å². The number of benzene rings is 3. The first-order chi connectivity index (χ1) is 17.9. The number of aryl methyl sites for hydroxylation is 2. The van der Waals surface area contributed by atoms with Crippen molar-refractivity contribution in [3.63, 3.8) is 0 Å². The molecule has 0 saturated carbocycles. The smallest absolute Gasteiger partial charge is 0.343 e. The summed E-state index contributed by atoms with van der Waals surface area (Å²) in [5.74, 6) is 1.07. The Morgan fingerprint density at radius 1 is 0.838 bits per heavy atom. The average molecular weight is 505 g/mol. The number of carbonyl (C=O) groups is 2. The highest BCUT2D eigenvalue weighted by Crippen LogP contribution is 2.29. The third-order valence-corrected chi connectivity index (χ3v) is 5.28. The molecule has 0 saturated heterocycles. The zero-order valence-electron chi connectivity index (χ0n) is 21.6. The molecule has 0 fully saturated rings. The summed E-state index contributed by atoms with van der Waals surface area (Å²) in [5, 5.41) is 3.97. The molecule has 0 atom stereocenters. The Labute approximate surface area is 217 Å². The number of carbonyl (C=O) groups excluding carboxylic acids is 2.